The van der Waals surface area contributed by atoms with Gasteiger partial charge in [-0.25, -0.2) is 4.98 Å². The summed E-state index contributed by atoms with van der Waals surface area (Å²) in [4.78, 5) is 5.75. The average Bonchev–Trinajstić information content (AvgIpc) is 2.25. The second-order valence-corrected chi connectivity index (χ2v) is 4.87. The number of nitrogens with zero attached hydrogens (tertiary/aromatic N) is 2. The molecule has 3 nitrogen and oxygen atoms in total. The van der Waals surface area contributed by atoms with E-state index in [1.165, 1.54) is 6.20 Å². The molecule has 1 aromatic heterocycles. The topological polar surface area (TPSA) is 42.1 Å². The lowest BCUT2D eigenvalue weighted by Crippen LogP contribution is -2.67. The van der Waals surface area contributed by atoms with Crippen LogP contribution in [0.25, 0.3) is 0 Å². The fourth-order valence-electron chi connectivity index (χ4n) is 2.30. The first-order valence-corrected chi connectivity index (χ1v) is 5.91. The van der Waals surface area contributed by atoms with Crippen LogP contribution in [-0.2, 0) is 6.18 Å². The van der Waals surface area contributed by atoms with Gasteiger partial charge >= 0.3 is 6.18 Å². The van der Waals surface area contributed by atoms with Crippen LogP contribution in [-0.4, -0.2) is 23.6 Å². The lowest BCUT2D eigenvalue weighted by molar-refractivity contribution is -0.137. The van der Waals surface area contributed by atoms with Crippen LogP contribution in [0.3, 0.4) is 0 Å². The van der Waals surface area contributed by atoms with Gasteiger partial charge in [0.05, 0.1) is 11.1 Å². The number of aromatic nitrogens is 1. The molecule has 1 aliphatic rings. The van der Waals surface area contributed by atoms with Crippen LogP contribution in [0.15, 0.2) is 18.3 Å². The van der Waals surface area contributed by atoms with E-state index in [2.05, 4.69) is 4.98 Å². The van der Waals surface area contributed by atoms with E-state index in [-0.39, 0.29) is 5.54 Å². The van der Waals surface area contributed by atoms with Crippen LogP contribution in [0.2, 0.25) is 0 Å². The van der Waals surface area contributed by atoms with Crippen molar-refractivity contribution in [2.75, 3.05) is 18.0 Å². The highest BCUT2D eigenvalue weighted by molar-refractivity contribution is 5.46. The molecule has 2 heterocycles. The highest BCUT2D eigenvalue weighted by Gasteiger charge is 2.40. The fraction of sp³-hybridized carbons (Fsp3) is 0.583. The molecule has 0 atom stereocenters. The molecule has 0 aromatic carbocycles. The molecule has 2 rings (SSSR count). The molecular weight excluding hydrogens is 243 g/mol. The third-order valence-electron chi connectivity index (χ3n) is 3.16. The standard InChI is InChI=1S/C12H16F3N3/c1-2-4-11(16)7-18(8-11)10-6-9(3-5-17-10)12(13,14)15/h3,5-6H,2,4,7-8,16H2,1H3. The van der Waals surface area contributed by atoms with E-state index in [1.807, 2.05) is 6.92 Å². The number of alkyl halides is 3. The summed E-state index contributed by atoms with van der Waals surface area (Å²) in [6.45, 7) is 3.17. The van der Waals surface area contributed by atoms with Crippen molar-refractivity contribution in [1.29, 1.82) is 0 Å². The Morgan fingerprint density at radius 3 is 2.67 bits per heavy atom. The van der Waals surface area contributed by atoms with E-state index in [0.29, 0.717) is 18.9 Å². The molecule has 0 saturated carbocycles. The SMILES string of the molecule is CCCC1(N)CN(c2cc(C(F)(F)F)ccn2)C1. The Morgan fingerprint density at radius 2 is 2.11 bits per heavy atom. The average molecular weight is 259 g/mol. The molecule has 1 aromatic rings. The number of hydrogen-bond acceptors (Lipinski definition) is 3. The van der Waals surface area contributed by atoms with Gasteiger partial charge in [-0.15, -0.1) is 0 Å². The number of nitrogens with two attached hydrogens (primary N) is 1. The van der Waals surface area contributed by atoms with Crippen LogP contribution in [0.1, 0.15) is 25.3 Å². The van der Waals surface area contributed by atoms with Crippen LogP contribution in [0.5, 0.6) is 0 Å². The van der Waals surface area contributed by atoms with Gasteiger partial charge in [-0.1, -0.05) is 13.3 Å². The maximum atomic E-state index is 12.6. The van der Waals surface area contributed by atoms with Gasteiger partial charge in [0.15, 0.2) is 0 Å². The Kier molecular flexibility index (Phi) is 3.23. The number of rotatable bonds is 3. The van der Waals surface area contributed by atoms with Crippen molar-refractivity contribution >= 4 is 5.82 Å². The quantitative estimate of drug-likeness (QED) is 0.906. The Labute approximate surface area is 104 Å². The zero-order chi connectivity index (χ0) is 13.4. The predicted octanol–water partition coefficient (Wildman–Crippen LogP) is 2.42. The molecule has 0 bridgehead atoms. The third kappa shape index (κ3) is 2.58. The molecule has 0 radical (unpaired) electrons. The smallest absolute Gasteiger partial charge is 0.353 e. The first kappa shape index (κ1) is 13.1. The van der Waals surface area contributed by atoms with Gasteiger partial charge in [0.1, 0.15) is 5.82 Å². The fourth-order valence-corrected chi connectivity index (χ4v) is 2.30. The summed E-state index contributed by atoms with van der Waals surface area (Å²) >= 11 is 0. The Bertz CT molecular complexity index is 425. The summed E-state index contributed by atoms with van der Waals surface area (Å²) in [6.07, 6.45) is -1.29. The summed E-state index contributed by atoms with van der Waals surface area (Å²) in [5, 5.41) is 0. The van der Waals surface area contributed by atoms with Crippen molar-refractivity contribution in [3.63, 3.8) is 0 Å². The van der Waals surface area contributed by atoms with Crippen LogP contribution in [0.4, 0.5) is 19.0 Å². The zero-order valence-electron chi connectivity index (χ0n) is 10.2. The first-order valence-electron chi connectivity index (χ1n) is 5.91. The minimum Gasteiger partial charge on any atom is -0.353 e. The summed E-state index contributed by atoms with van der Waals surface area (Å²) in [7, 11) is 0. The molecule has 1 fully saturated rings. The van der Waals surface area contributed by atoms with Crippen molar-refractivity contribution in [1.82, 2.24) is 4.98 Å². The van der Waals surface area contributed by atoms with Gasteiger partial charge in [0.25, 0.3) is 0 Å². The Balaban J connectivity index is 2.08. The molecule has 0 aliphatic carbocycles. The monoisotopic (exact) mass is 259 g/mol. The van der Waals surface area contributed by atoms with E-state index in [0.717, 1.165) is 25.0 Å². The van der Waals surface area contributed by atoms with E-state index in [1.54, 1.807) is 4.90 Å². The predicted molar refractivity (Wildman–Crippen MR) is 63.3 cm³/mol. The van der Waals surface area contributed by atoms with Crippen molar-refractivity contribution in [3.8, 4) is 0 Å². The summed E-state index contributed by atoms with van der Waals surface area (Å²) in [5.74, 6) is 0.349. The van der Waals surface area contributed by atoms with Crippen molar-refractivity contribution in [2.45, 2.75) is 31.5 Å². The van der Waals surface area contributed by atoms with Gasteiger partial charge in [-0.3, -0.25) is 0 Å². The lowest BCUT2D eigenvalue weighted by Gasteiger charge is -2.48. The molecule has 1 aliphatic heterocycles. The molecule has 18 heavy (non-hydrogen) atoms. The van der Waals surface area contributed by atoms with Gasteiger partial charge in [-0.05, 0) is 18.6 Å². The van der Waals surface area contributed by atoms with Crippen molar-refractivity contribution in [2.24, 2.45) is 5.73 Å². The minimum atomic E-state index is -4.33. The number of pyridine rings is 1. The minimum absolute atomic E-state index is 0.273. The second kappa shape index (κ2) is 4.42. The van der Waals surface area contributed by atoms with Gasteiger partial charge in [0.2, 0.25) is 0 Å². The lowest BCUT2D eigenvalue weighted by atomic mass is 9.86. The molecule has 0 spiro atoms. The first-order chi connectivity index (χ1) is 8.34. The van der Waals surface area contributed by atoms with E-state index in [4.69, 9.17) is 5.73 Å². The van der Waals surface area contributed by atoms with Crippen molar-refractivity contribution < 1.29 is 13.2 Å². The van der Waals surface area contributed by atoms with Crippen molar-refractivity contribution in [3.05, 3.63) is 23.9 Å². The highest BCUT2D eigenvalue weighted by atomic mass is 19.4. The van der Waals surface area contributed by atoms with Crippen LogP contribution in [0, 0.1) is 0 Å². The van der Waals surface area contributed by atoms with Crippen LogP contribution < -0.4 is 10.6 Å². The summed E-state index contributed by atoms with van der Waals surface area (Å²) in [5.41, 5.74) is 5.13. The van der Waals surface area contributed by atoms with Gasteiger partial charge in [-0.2, -0.15) is 13.2 Å². The largest absolute Gasteiger partial charge is 0.416 e. The third-order valence-corrected chi connectivity index (χ3v) is 3.16. The molecule has 0 unspecified atom stereocenters. The summed E-state index contributed by atoms with van der Waals surface area (Å²) in [6, 6.07) is 2.05. The zero-order valence-corrected chi connectivity index (χ0v) is 10.2. The molecule has 0 amide bonds. The molecular formula is C12H16F3N3. The van der Waals surface area contributed by atoms with Gasteiger partial charge in [0, 0.05) is 19.3 Å². The second-order valence-electron chi connectivity index (χ2n) is 4.87. The van der Waals surface area contributed by atoms with E-state index >= 15 is 0 Å². The number of halogens is 3. The summed E-state index contributed by atoms with van der Waals surface area (Å²) < 4.78 is 37.7. The van der Waals surface area contributed by atoms with E-state index < -0.39 is 11.7 Å². The Hall–Kier alpha value is -1.30. The maximum Gasteiger partial charge on any atom is 0.416 e. The molecule has 6 heteroatoms. The number of hydrogen-bond donors (Lipinski definition) is 1. The highest BCUT2D eigenvalue weighted by Crippen LogP contribution is 2.33. The van der Waals surface area contributed by atoms with E-state index in [9.17, 15) is 13.2 Å². The van der Waals surface area contributed by atoms with Crippen LogP contribution >= 0.6 is 0 Å². The molecule has 1 saturated heterocycles. The number of anilines is 1. The maximum absolute atomic E-state index is 12.6. The normalized spacial score (nSPS) is 18.6. The molecule has 100 valence electrons. The molecule has 2 N–H and O–H groups in total. The Morgan fingerprint density at radius 1 is 1.44 bits per heavy atom. The van der Waals surface area contributed by atoms with Gasteiger partial charge < -0.3 is 10.6 Å².